The van der Waals surface area contributed by atoms with Gasteiger partial charge in [0, 0.05) is 38.1 Å². The SMILES string of the molecule is CN1CCN(C)[C@H](CNC(=O)[C@H]2C[C@H]2c2ccc(Cl)c(Cl)c2)C1. The van der Waals surface area contributed by atoms with Gasteiger partial charge < -0.3 is 10.2 Å². The van der Waals surface area contributed by atoms with Crippen molar-refractivity contribution in [1.82, 2.24) is 15.1 Å². The third kappa shape index (κ3) is 4.00. The molecule has 0 radical (unpaired) electrons. The molecule has 0 bridgehead atoms. The Morgan fingerprint density at radius 3 is 2.78 bits per heavy atom. The molecule has 2 aliphatic rings. The summed E-state index contributed by atoms with van der Waals surface area (Å²) in [5.74, 6) is 0.498. The van der Waals surface area contributed by atoms with Crippen LogP contribution in [0.5, 0.6) is 0 Å². The minimum atomic E-state index is 0.0684. The second-order valence-corrected chi connectivity index (χ2v) is 7.58. The van der Waals surface area contributed by atoms with Crippen molar-refractivity contribution in [3.63, 3.8) is 0 Å². The van der Waals surface area contributed by atoms with Crippen LogP contribution in [0, 0.1) is 5.92 Å². The van der Waals surface area contributed by atoms with Crippen molar-refractivity contribution < 1.29 is 4.79 Å². The molecular formula is C17H23Cl2N3O. The minimum absolute atomic E-state index is 0.0684. The lowest BCUT2D eigenvalue weighted by atomic mass is 10.1. The van der Waals surface area contributed by atoms with Crippen molar-refractivity contribution in [2.24, 2.45) is 5.92 Å². The lowest BCUT2D eigenvalue weighted by Crippen LogP contribution is -2.54. The quantitative estimate of drug-likeness (QED) is 0.900. The summed E-state index contributed by atoms with van der Waals surface area (Å²) in [5.41, 5.74) is 1.11. The van der Waals surface area contributed by atoms with Gasteiger partial charge in [0.15, 0.2) is 0 Å². The summed E-state index contributed by atoms with van der Waals surface area (Å²) in [6, 6.07) is 6.04. The largest absolute Gasteiger partial charge is 0.354 e. The molecule has 2 fully saturated rings. The van der Waals surface area contributed by atoms with Crippen molar-refractivity contribution in [2.75, 3.05) is 40.3 Å². The molecule has 1 N–H and O–H groups in total. The second kappa shape index (κ2) is 6.98. The molecule has 126 valence electrons. The van der Waals surface area contributed by atoms with Gasteiger partial charge in [-0.3, -0.25) is 9.69 Å². The van der Waals surface area contributed by atoms with Gasteiger partial charge in [-0.05, 0) is 44.1 Å². The van der Waals surface area contributed by atoms with Gasteiger partial charge in [0.1, 0.15) is 0 Å². The van der Waals surface area contributed by atoms with Crippen LogP contribution in [0.25, 0.3) is 0 Å². The number of nitrogens with zero attached hydrogens (tertiary/aromatic N) is 2. The van der Waals surface area contributed by atoms with E-state index in [4.69, 9.17) is 23.2 Å². The Bertz CT molecular complexity index is 595. The maximum Gasteiger partial charge on any atom is 0.223 e. The molecule has 1 aromatic rings. The summed E-state index contributed by atoms with van der Waals surface area (Å²) in [5, 5.41) is 4.24. The molecule has 1 saturated carbocycles. The maximum absolute atomic E-state index is 12.4. The van der Waals surface area contributed by atoms with Crippen LogP contribution in [0.4, 0.5) is 0 Å². The summed E-state index contributed by atoms with van der Waals surface area (Å²) >= 11 is 12.0. The molecular weight excluding hydrogens is 333 g/mol. The zero-order valence-corrected chi connectivity index (χ0v) is 15.1. The number of benzene rings is 1. The smallest absolute Gasteiger partial charge is 0.223 e. The average Bonchev–Trinajstić information content (AvgIpc) is 3.31. The average molecular weight is 356 g/mol. The number of likely N-dealkylation sites (N-methyl/N-ethyl adjacent to an activating group) is 2. The molecule has 0 unspecified atom stereocenters. The molecule has 1 saturated heterocycles. The van der Waals surface area contributed by atoms with Crippen molar-refractivity contribution in [2.45, 2.75) is 18.4 Å². The summed E-state index contributed by atoms with van der Waals surface area (Å²) in [6.45, 7) is 3.84. The highest BCUT2D eigenvalue weighted by Gasteiger charge is 2.44. The number of hydrogen-bond donors (Lipinski definition) is 1. The van der Waals surface area contributed by atoms with Crippen molar-refractivity contribution in [3.05, 3.63) is 33.8 Å². The van der Waals surface area contributed by atoms with E-state index < -0.39 is 0 Å². The highest BCUT2D eigenvalue weighted by Crippen LogP contribution is 2.48. The highest BCUT2D eigenvalue weighted by atomic mass is 35.5. The number of rotatable bonds is 4. The molecule has 1 heterocycles. The van der Waals surface area contributed by atoms with Crippen LogP contribution in [-0.4, -0.2) is 62.0 Å². The standard InChI is InChI=1S/C17H23Cl2N3O/c1-21-5-6-22(2)12(10-21)9-20-17(23)14-8-13(14)11-3-4-15(18)16(19)7-11/h3-4,7,12-14H,5-6,8-10H2,1-2H3,(H,20,23)/t12-,13+,14+/m1/s1. The Morgan fingerprint density at radius 2 is 2.04 bits per heavy atom. The Morgan fingerprint density at radius 1 is 1.26 bits per heavy atom. The van der Waals surface area contributed by atoms with E-state index in [2.05, 4.69) is 29.2 Å². The first-order chi connectivity index (χ1) is 11.0. The van der Waals surface area contributed by atoms with E-state index in [0.29, 0.717) is 22.6 Å². The number of hydrogen-bond acceptors (Lipinski definition) is 3. The van der Waals surface area contributed by atoms with Gasteiger partial charge in [-0.1, -0.05) is 29.3 Å². The van der Waals surface area contributed by atoms with Crippen LogP contribution in [0.2, 0.25) is 10.0 Å². The monoisotopic (exact) mass is 355 g/mol. The zero-order valence-electron chi connectivity index (χ0n) is 13.6. The normalized spacial score (nSPS) is 28.6. The molecule has 0 aromatic heterocycles. The second-order valence-electron chi connectivity index (χ2n) is 6.76. The Kier molecular flexibility index (Phi) is 5.16. The summed E-state index contributed by atoms with van der Waals surface area (Å²) in [4.78, 5) is 17.0. The van der Waals surface area contributed by atoms with Crippen LogP contribution in [0.15, 0.2) is 18.2 Å². The number of carbonyl (C=O) groups excluding carboxylic acids is 1. The fourth-order valence-corrected chi connectivity index (χ4v) is 3.57. The third-order valence-corrected chi connectivity index (χ3v) is 5.73. The Balaban J connectivity index is 1.51. The molecule has 1 aliphatic carbocycles. The van der Waals surface area contributed by atoms with Gasteiger partial charge in [-0.2, -0.15) is 0 Å². The number of carbonyl (C=O) groups is 1. The van der Waals surface area contributed by atoms with E-state index in [0.717, 1.165) is 31.6 Å². The van der Waals surface area contributed by atoms with Gasteiger partial charge in [0.05, 0.1) is 10.0 Å². The van der Waals surface area contributed by atoms with Crippen molar-refractivity contribution in [1.29, 1.82) is 0 Å². The van der Waals surface area contributed by atoms with Gasteiger partial charge in [0.2, 0.25) is 5.91 Å². The number of nitrogens with one attached hydrogen (secondary N) is 1. The Labute approximate surface area is 147 Å². The van der Waals surface area contributed by atoms with Gasteiger partial charge in [-0.25, -0.2) is 0 Å². The van der Waals surface area contributed by atoms with E-state index in [1.807, 2.05) is 12.1 Å². The number of halogens is 2. The number of piperazine rings is 1. The molecule has 3 atom stereocenters. The van der Waals surface area contributed by atoms with E-state index in [9.17, 15) is 4.79 Å². The predicted octanol–water partition coefficient (Wildman–Crippen LogP) is 2.46. The van der Waals surface area contributed by atoms with Crippen molar-refractivity contribution in [3.8, 4) is 0 Å². The van der Waals surface area contributed by atoms with E-state index in [-0.39, 0.29) is 17.7 Å². The topological polar surface area (TPSA) is 35.6 Å². The summed E-state index contributed by atoms with van der Waals surface area (Å²) < 4.78 is 0. The van der Waals surface area contributed by atoms with Crippen molar-refractivity contribution >= 4 is 29.1 Å². The lowest BCUT2D eigenvalue weighted by Gasteiger charge is -2.37. The van der Waals surface area contributed by atoms with Crippen LogP contribution >= 0.6 is 23.2 Å². The first-order valence-electron chi connectivity index (χ1n) is 8.07. The first-order valence-corrected chi connectivity index (χ1v) is 8.82. The first kappa shape index (κ1) is 17.0. The zero-order chi connectivity index (χ0) is 16.6. The molecule has 23 heavy (non-hydrogen) atoms. The Hall–Kier alpha value is -0.810. The molecule has 4 nitrogen and oxygen atoms in total. The van der Waals surface area contributed by atoms with Gasteiger partial charge in [-0.15, -0.1) is 0 Å². The fraction of sp³-hybridized carbons (Fsp3) is 0.588. The van der Waals surface area contributed by atoms with Gasteiger partial charge in [0.25, 0.3) is 0 Å². The van der Waals surface area contributed by atoms with E-state index in [1.165, 1.54) is 0 Å². The summed E-state index contributed by atoms with van der Waals surface area (Å²) in [7, 11) is 4.25. The van der Waals surface area contributed by atoms with E-state index in [1.54, 1.807) is 6.07 Å². The molecule has 0 spiro atoms. The lowest BCUT2D eigenvalue weighted by molar-refractivity contribution is -0.122. The van der Waals surface area contributed by atoms with E-state index >= 15 is 0 Å². The highest BCUT2D eigenvalue weighted by molar-refractivity contribution is 6.42. The number of amides is 1. The van der Waals surface area contributed by atoms with Crippen LogP contribution in [0.1, 0.15) is 17.9 Å². The molecule has 1 aliphatic heterocycles. The molecule has 1 aromatic carbocycles. The molecule has 6 heteroatoms. The maximum atomic E-state index is 12.4. The van der Waals surface area contributed by atoms with Crippen LogP contribution < -0.4 is 5.32 Å². The fourth-order valence-electron chi connectivity index (χ4n) is 3.27. The third-order valence-electron chi connectivity index (χ3n) is 4.99. The predicted molar refractivity (Wildman–Crippen MR) is 94.2 cm³/mol. The van der Waals surface area contributed by atoms with Crippen LogP contribution in [-0.2, 0) is 4.79 Å². The van der Waals surface area contributed by atoms with Crippen LogP contribution in [0.3, 0.4) is 0 Å². The summed E-state index contributed by atoms with van der Waals surface area (Å²) in [6.07, 6.45) is 0.893. The molecule has 3 rings (SSSR count). The van der Waals surface area contributed by atoms with Gasteiger partial charge >= 0.3 is 0 Å². The minimum Gasteiger partial charge on any atom is -0.354 e. The molecule has 1 amide bonds.